The molecule has 18 heavy (non-hydrogen) atoms. The monoisotopic (exact) mass is 258 g/mol. The fraction of sp³-hybridized carbons (Fsp3) is 0.846. The van der Waals surface area contributed by atoms with Crippen molar-refractivity contribution >= 4 is 12.3 Å². The van der Waals surface area contributed by atoms with Crippen molar-refractivity contribution in [2.75, 3.05) is 13.1 Å². The van der Waals surface area contributed by atoms with E-state index in [1.165, 1.54) is 32.1 Å². The van der Waals surface area contributed by atoms with E-state index >= 15 is 0 Å². The molecule has 0 bridgehead atoms. The van der Waals surface area contributed by atoms with Crippen LogP contribution in [0.25, 0.3) is 0 Å². The van der Waals surface area contributed by atoms with Crippen LogP contribution in [0.1, 0.15) is 58.3 Å². The van der Waals surface area contributed by atoms with Gasteiger partial charge in [-0.15, -0.1) is 0 Å². The first-order valence-corrected chi connectivity index (χ1v) is 6.88. The molecule has 0 spiro atoms. The van der Waals surface area contributed by atoms with E-state index in [1.54, 1.807) is 0 Å². The van der Waals surface area contributed by atoms with E-state index < -0.39 is 0 Å². The second kappa shape index (κ2) is 12.4. The van der Waals surface area contributed by atoms with Crippen molar-refractivity contribution in [3.8, 4) is 0 Å². The van der Waals surface area contributed by atoms with Gasteiger partial charge in [0.1, 0.15) is 0 Å². The highest BCUT2D eigenvalue weighted by Gasteiger charge is 2.01. The molecule has 106 valence electrons. The molecule has 0 fully saturated rings. The summed E-state index contributed by atoms with van der Waals surface area (Å²) in [5.41, 5.74) is 0. The number of carbonyl (C=O) groups excluding carboxylic acids is 2. The molecule has 0 aromatic heterocycles. The van der Waals surface area contributed by atoms with Crippen molar-refractivity contribution in [1.29, 1.82) is 0 Å². The summed E-state index contributed by atoms with van der Waals surface area (Å²) in [6.07, 6.45) is 9.16. The van der Waals surface area contributed by atoms with Crippen molar-refractivity contribution < 1.29 is 14.8 Å². The molecule has 0 atom stereocenters. The Labute approximate surface area is 109 Å². The van der Waals surface area contributed by atoms with E-state index in [0.29, 0.717) is 24.4 Å². The fourth-order valence-electron chi connectivity index (χ4n) is 1.69. The second-order valence-corrected chi connectivity index (χ2v) is 4.49. The largest absolute Gasteiger partial charge is 0.354 e. The Hall–Kier alpha value is -1.10. The molecule has 0 rings (SSSR count). The average molecular weight is 258 g/mol. The van der Waals surface area contributed by atoms with Gasteiger partial charge in [0.2, 0.25) is 12.3 Å². The minimum Gasteiger partial charge on any atom is -0.354 e. The van der Waals surface area contributed by atoms with E-state index in [-0.39, 0.29) is 12.5 Å². The standard InChI is InChI=1S/C13H26N2O3/c1-2-3-4-5-6-7-8-9-13(17)14-10-11-15(18)12-16/h12,18H,2-11H2,1H3,(H,14,17). The summed E-state index contributed by atoms with van der Waals surface area (Å²) in [4.78, 5) is 21.4. The van der Waals surface area contributed by atoms with Crippen LogP contribution in [0.4, 0.5) is 0 Å². The summed E-state index contributed by atoms with van der Waals surface area (Å²) >= 11 is 0. The van der Waals surface area contributed by atoms with Crippen LogP contribution in [0.3, 0.4) is 0 Å². The Kier molecular flexibility index (Phi) is 11.6. The molecular formula is C13H26N2O3. The number of hydrogen-bond acceptors (Lipinski definition) is 3. The minimum atomic E-state index is -0.0112. The molecule has 5 nitrogen and oxygen atoms in total. The van der Waals surface area contributed by atoms with E-state index in [1.807, 2.05) is 0 Å². The molecule has 0 saturated carbocycles. The van der Waals surface area contributed by atoms with Crippen LogP contribution in [0, 0.1) is 0 Å². The summed E-state index contributed by atoms with van der Waals surface area (Å²) < 4.78 is 0. The van der Waals surface area contributed by atoms with Gasteiger partial charge >= 0.3 is 0 Å². The summed E-state index contributed by atoms with van der Waals surface area (Å²) in [5.74, 6) is -0.0112. The van der Waals surface area contributed by atoms with Crippen molar-refractivity contribution in [1.82, 2.24) is 10.4 Å². The molecule has 0 aromatic rings. The van der Waals surface area contributed by atoms with Crippen molar-refractivity contribution in [3.05, 3.63) is 0 Å². The normalized spacial score (nSPS) is 10.1. The number of nitrogens with one attached hydrogen (secondary N) is 1. The molecule has 0 radical (unpaired) electrons. The summed E-state index contributed by atoms with van der Waals surface area (Å²) in [6, 6.07) is 0. The minimum absolute atomic E-state index is 0.0112. The predicted molar refractivity (Wildman–Crippen MR) is 70.2 cm³/mol. The molecule has 0 unspecified atom stereocenters. The zero-order valence-corrected chi connectivity index (χ0v) is 11.4. The summed E-state index contributed by atoms with van der Waals surface area (Å²) in [5, 5.41) is 12.0. The lowest BCUT2D eigenvalue weighted by atomic mass is 10.1. The van der Waals surface area contributed by atoms with Gasteiger partial charge in [0.05, 0.1) is 6.54 Å². The number of hydroxylamine groups is 2. The van der Waals surface area contributed by atoms with Crippen LogP contribution in [-0.4, -0.2) is 35.7 Å². The fourth-order valence-corrected chi connectivity index (χ4v) is 1.69. The first-order valence-electron chi connectivity index (χ1n) is 6.88. The van der Waals surface area contributed by atoms with Gasteiger partial charge in [-0.3, -0.25) is 14.8 Å². The first-order chi connectivity index (χ1) is 8.70. The Balaban J connectivity index is 3.24. The molecule has 5 heteroatoms. The molecular weight excluding hydrogens is 232 g/mol. The second-order valence-electron chi connectivity index (χ2n) is 4.49. The number of unbranched alkanes of at least 4 members (excludes halogenated alkanes) is 6. The Morgan fingerprint density at radius 1 is 1.17 bits per heavy atom. The van der Waals surface area contributed by atoms with Gasteiger partial charge in [-0.1, -0.05) is 45.4 Å². The topological polar surface area (TPSA) is 69.6 Å². The number of rotatable bonds is 12. The highest BCUT2D eigenvalue weighted by molar-refractivity contribution is 5.75. The van der Waals surface area contributed by atoms with Gasteiger partial charge in [-0.2, -0.15) is 0 Å². The van der Waals surface area contributed by atoms with Gasteiger partial charge in [-0.05, 0) is 6.42 Å². The van der Waals surface area contributed by atoms with E-state index in [2.05, 4.69) is 12.2 Å². The highest BCUT2D eigenvalue weighted by atomic mass is 16.5. The van der Waals surface area contributed by atoms with Gasteiger partial charge in [0, 0.05) is 13.0 Å². The first kappa shape index (κ1) is 16.9. The third kappa shape index (κ3) is 11.4. The van der Waals surface area contributed by atoms with Crippen LogP contribution in [0.5, 0.6) is 0 Å². The Morgan fingerprint density at radius 3 is 2.39 bits per heavy atom. The predicted octanol–water partition coefficient (Wildman–Crippen LogP) is 2.09. The van der Waals surface area contributed by atoms with Crippen LogP contribution in [-0.2, 0) is 9.59 Å². The van der Waals surface area contributed by atoms with E-state index in [4.69, 9.17) is 5.21 Å². The van der Waals surface area contributed by atoms with Crippen LogP contribution in [0.15, 0.2) is 0 Å². The smallest absolute Gasteiger partial charge is 0.233 e. The maximum atomic E-state index is 11.3. The van der Waals surface area contributed by atoms with E-state index in [9.17, 15) is 9.59 Å². The number of hydrogen-bond donors (Lipinski definition) is 2. The van der Waals surface area contributed by atoms with Crippen LogP contribution in [0.2, 0.25) is 0 Å². The van der Waals surface area contributed by atoms with E-state index in [0.717, 1.165) is 12.8 Å². The lowest BCUT2D eigenvalue weighted by Crippen LogP contribution is -2.32. The highest BCUT2D eigenvalue weighted by Crippen LogP contribution is 2.08. The van der Waals surface area contributed by atoms with Crippen molar-refractivity contribution in [2.45, 2.75) is 58.3 Å². The van der Waals surface area contributed by atoms with Gasteiger partial charge in [0.15, 0.2) is 0 Å². The molecule has 0 saturated heterocycles. The number of nitrogens with zero attached hydrogens (tertiary/aromatic N) is 1. The number of amides is 2. The summed E-state index contributed by atoms with van der Waals surface area (Å²) in [7, 11) is 0. The summed E-state index contributed by atoms with van der Waals surface area (Å²) in [6.45, 7) is 2.62. The maximum absolute atomic E-state index is 11.3. The molecule has 0 aliphatic carbocycles. The lowest BCUT2D eigenvalue weighted by molar-refractivity contribution is -0.149. The molecule has 0 aromatic carbocycles. The van der Waals surface area contributed by atoms with Crippen LogP contribution < -0.4 is 5.32 Å². The molecule has 0 aliphatic heterocycles. The third-order valence-electron chi connectivity index (χ3n) is 2.79. The zero-order chi connectivity index (χ0) is 13.6. The molecule has 0 aliphatic rings. The van der Waals surface area contributed by atoms with Gasteiger partial charge in [0.25, 0.3) is 0 Å². The maximum Gasteiger partial charge on any atom is 0.233 e. The van der Waals surface area contributed by atoms with Gasteiger partial charge < -0.3 is 5.32 Å². The molecule has 0 heterocycles. The van der Waals surface area contributed by atoms with Crippen molar-refractivity contribution in [3.63, 3.8) is 0 Å². The molecule has 2 amide bonds. The molecule has 2 N–H and O–H groups in total. The van der Waals surface area contributed by atoms with Gasteiger partial charge in [-0.25, -0.2) is 5.06 Å². The average Bonchev–Trinajstić information content (AvgIpc) is 2.37. The lowest BCUT2D eigenvalue weighted by Gasteiger charge is -2.09. The van der Waals surface area contributed by atoms with Crippen molar-refractivity contribution in [2.24, 2.45) is 0 Å². The third-order valence-corrected chi connectivity index (χ3v) is 2.79. The quantitative estimate of drug-likeness (QED) is 0.244. The number of carbonyl (C=O) groups is 2. The Bertz CT molecular complexity index is 222. The Morgan fingerprint density at radius 2 is 1.78 bits per heavy atom. The zero-order valence-electron chi connectivity index (χ0n) is 11.4. The SMILES string of the molecule is CCCCCCCCCC(=O)NCCN(O)C=O. The van der Waals surface area contributed by atoms with Crippen LogP contribution >= 0.6 is 0 Å².